The number of unbranched alkanes of at least 4 members (excludes halogenated alkanes) is 2. The molecule has 30 nitrogen and oxygen atoms in total. The molecule has 0 aliphatic heterocycles. The van der Waals surface area contributed by atoms with Crippen molar-refractivity contribution >= 4 is 76.9 Å². The summed E-state index contributed by atoms with van der Waals surface area (Å²) in [6.45, 7) is 4.25. The lowest BCUT2D eigenvalue weighted by atomic mass is 9.96. The number of carboxylic acid groups (broad SMARTS) is 2. The second-order valence-corrected chi connectivity index (χ2v) is 20.8. The molecule has 86 heavy (non-hydrogen) atoms. The number of phenolic OH excluding ortho intramolecular Hbond substituents is 1. The van der Waals surface area contributed by atoms with Gasteiger partial charge in [0.15, 0.2) is 0 Å². The van der Waals surface area contributed by atoms with Crippen molar-refractivity contribution in [2.45, 2.75) is 171 Å². The lowest BCUT2D eigenvalue weighted by molar-refractivity contribution is -0.141. The first-order valence-electron chi connectivity index (χ1n) is 28.4. The summed E-state index contributed by atoms with van der Waals surface area (Å²) in [6.07, 6.45) is -1.56. The smallest absolute Gasteiger partial charge is 0.325 e. The van der Waals surface area contributed by atoms with Gasteiger partial charge in [-0.2, -0.15) is 0 Å². The Kier molecular flexibility index (Phi) is 33.2. The number of phenols is 1. The largest absolute Gasteiger partial charge is 0.508 e. The van der Waals surface area contributed by atoms with Crippen LogP contribution in [0.15, 0.2) is 54.6 Å². The molecule has 2 rings (SSSR count). The number of rotatable bonds is 42. The van der Waals surface area contributed by atoms with E-state index >= 15 is 0 Å². The van der Waals surface area contributed by atoms with Gasteiger partial charge in [-0.15, -0.1) is 0 Å². The van der Waals surface area contributed by atoms with Gasteiger partial charge in [0.05, 0.1) is 12.6 Å². The number of primary amides is 2. The Morgan fingerprint density at radius 1 is 0.477 bits per heavy atom. The van der Waals surface area contributed by atoms with E-state index in [0.717, 1.165) is 0 Å². The Balaban J connectivity index is 2.54. The highest BCUT2D eigenvalue weighted by Gasteiger charge is 2.36. The van der Waals surface area contributed by atoms with E-state index in [0.29, 0.717) is 30.4 Å². The lowest BCUT2D eigenvalue weighted by Gasteiger charge is -2.29. The minimum absolute atomic E-state index is 0.000223. The molecular weight excluding hydrogens is 1120 g/mol. The number of aliphatic carboxylic acids is 2. The predicted molar refractivity (Wildman–Crippen MR) is 311 cm³/mol. The first-order valence-corrected chi connectivity index (χ1v) is 28.4. The zero-order valence-electron chi connectivity index (χ0n) is 48.7. The van der Waals surface area contributed by atoms with Crippen molar-refractivity contribution in [2.75, 3.05) is 19.6 Å². The molecule has 2 aromatic carbocycles. The van der Waals surface area contributed by atoms with Gasteiger partial charge in [0, 0.05) is 32.1 Å². The first kappa shape index (κ1) is 73.3. The molecule has 476 valence electrons. The summed E-state index contributed by atoms with van der Waals surface area (Å²) in [5.41, 5.74) is 29.2. The molecule has 0 saturated carbocycles. The third-order valence-corrected chi connectivity index (χ3v) is 13.7. The fourth-order valence-electron chi connectivity index (χ4n) is 8.41. The summed E-state index contributed by atoms with van der Waals surface area (Å²) in [7, 11) is 0. The third-order valence-electron chi connectivity index (χ3n) is 13.7. The number of nitrogens with two attached hydrogens (primary N) is 5. The van der Waals surface area contributed by atoms with Crippen LogP contribution in [-0.4, -0.2) is 166 Å². The van der Waals surface area contributed by atoms with Gasteiger partial charge in [-0.1, -0.05) is 62.7 Å². The van der Waals surface area contributed by atoms with E-state index in [1.807, 2.05) is 0 Å². The number of amides is 11. The normalized spacial score (nSPS) is 14.4. The monoisotopic (exact) mass is 1210 g/mol. The number of nitrogens with one attached hydrogen (secondary N) is 9. The maximum absolute atomic E-state index is 14.4. The van der Waals surface area contributed by atoms with Crippen molar-refractivity contribution in [3.63, 3.8) is 0 Å². The summed E-state index contributed by atoms with van der Waals surface area (Å²) in [6, 6.07) is 1.02. The van der Waals surface area contributed by atoms with E-state index in [2.05, 4.69) is 47.9 Å². The van der Waals surface area contributed by atoms with Crippen molar-refractivity contribution in [3.05, 3.63) is 65.7 Å². The average molecular weight is 1210 g/mol. The summed E-state index contributed by atoms with van der Waals surface area (Å²) in [4.78, 5) is 172. The Hall–Kier alpha value is -8.77. The summed E-state index contributed by atoms with van der Waals surface area (Å²) in [5.74, 6) is -13.5. The van der Waals surface area contributed by atoms with Crippen LogP contribution in [0, 0.1) is 5.92 Å². The number of hydrogen-bond donors (Lipinski definition) is 17. The van der Waals surface area contributed by atoms with Crippen molar-refractivity contribution in [1.29, 1.82) is 0 Å². The van der Waals surface area contributed by atoms with E-state index < -0.39 is 169 Å². The maximum atomic E-state index is 14.4. The zero-order valence-corrected chi connectivity index (χ0v) is 48.7. The van der Waals surface area contributed by atoms with Gasteiger partial charge in [0.1, 0.15) is 54.1 Å². The molecule has 0 aliphatic rings. The van der Waals surface area contributed by atoms with E-state index in [-0.39, 0.29) is 70.2 Å². The van der Waals surface area contributed by atoms with Crippen LogP contribution in [0.5, 0.6) is 5.75 Å². The standard InChI is InChI=1S/C56H86N14O16/c1-4-31(2)47(70-54(83)42(28-33-12-6-5-7-13-33)68-48(77)36(59)20-23-43(60)72)55(84)67-39(21-24-44(61)73)51(80)66-40(22-25-46(75)76)52(81)65-38(15-9-11-27-58)50(79)69-41(29-34-16-18-35(71)19-17-34)53(82)64-37(14-8-10-26-57)49(78)62-30-45(74)63-32(3)56(85)86/h5-7,12-13,16-19,31-32,36-42,47,71H,4,8-11,14-15,20-30,57-59H2,1-3H3,(H2,60,72)(H2,61,73)(H,62,78)(H,63,74)(H,64,82)(H,65,81)(H,66,80)(H,67,84)(H,68,77)(H,69,79)(H,70,83)(H,75,76)(H,85,86)/t31-,32-,36-,37-,38-,39-,40-,41-,42-,47-/m0/s1. The summed E-state index contributed by atoms with van der Waals surface area (Å²) < 4.78 is 0. The number of carbonyl (C=O) groups is 13. The molecule has 11 amide bonds. The van der Waals surface area contributed by atoms with E-state index in [4.69, 9.17) is 33.8 Å². The number of aromatic hydroxyl groups is 1. The van der Waals surface area contributed by atoms with E-state index in [1.165, 1.54) is 31.2 Å². The van der Waals surface area contributed by atoms with Crippen molar-refractivity contribution in [1.82, 2.24) is 47.9 Å². The van der Waals surface area contributed by atoms with Crippen molar-refractivity contribution in [3.8, 4) is 5.75 Å². The molecule has 0 aliphatic carbocycles. The minimum atomic E-state index is -1.75. The van der Waals surface area contributed by atoms with Crippen molar-refractivity contribution < 1.29 is 77.6 Å². The van der Waals surface area contributed by atoms with E-state index in [9.17, 15) is 72.5 Å². The topological polar surface area (TPSA) is 521 Å². The molecule has 0 saturated heterocycles. The second-order valence-electron chi connectivity index (χ2n) is 20.8. The van der Waals surface area contributed by atoms with Gasteiger partial charge >= 0.3 is 11.9 Å². The fourth-order valence-corrected chi connectivity index (χ4v) is 8.41. The first-order chi connectivity index (χ1) is 40.7. The SMILES string of the molecule is CC[C@H](C)[C@H](NC(=O)[C@H](Cc1ccccc1)NC(=O)[C@@H](N)CCC(N)=O)C(=O)N[C@@H](CCC(N)=O)C(=O)N[C@@H](CCC(=O)O)C(=O)N[C@@H](CCCCN)C(=O)N[C@@H](Cc1ccc(O)cc1)C(=O)N[C@@H](CCCCN)C(=O)NCC(=O)N[C@@H](C)C(=O)O. The quantitative estimate of drug-likeness (QED) is 0.0285. The highest BCUT2D eigenvalue weighted by Crippen LogP contribution is 2.15. The van der Waals surface area contributed by atoms with Gasteiger partial charge in [-0.3, -0.25) is 62.3 Å². The Labute approximate surface area is 498 Å². The van der Waals surface area contributed by atoms with Crippen LogP contribution in [-0.2, 0) is 75.2 Å². The Morgan fingerprint density at radius 2 is 0.895 bits per heavy atom. The second kappa shape index (κ2) is 39.0. The molecule has 22 N–H and O–H groups in total. The number of hydrogen-bond acceptors (Lipinski definition) is 17. The average Bonchev–Trinajstić information content (AvgIpc) is 3.02. The lowest BCUT2D eigenvalue weighted by Crippen LogP contribution is -2.61. The molecule has 0 unspecified atom stereocenters. The minimum Gasteiger partial charge on any atom is -0.508 e. The molecule has 0 radical (unpaired) electrons. The Morgan fingerprint density at radius 3 is 1.37 bits per heavy atom. The highest BCUT2D eigenvalue weighted by molar-refractivity contribution is 5.99. The molecule has 0 bridgehead atoms. The van der Waals surface area contributed by atoms with Gasteiger partial charge in [-0.05, 0) is 107 Å². The number of benzene rings is 2. The summed E-state index contributed by atoms with van der Waals surface area (Å²) >= 11 is 0. The van der Waals surface area contributed by atoms with Crippen LogP contribution >= 0.6 is 0 Å². The molecule has 0 fully saturated rings. The molecule has 0 aromatic heterocycles. The van der Waals surface area contributed by atoms with Gasteiger partial charge < -0.3 is 91.8 Å². The zero-order chi connectivity index (χ0) is 64.5. The van der Waals surface area contributed by atoms with Gasteiger partial charge in [0.2, 0.25) is 65.0 Å². The van der Waals surface area contributed by atoms with Gasteiger partial charge in [-0.25, -0.2) is 0 Å². The summed E-state index contributed by atoms with van der Waals surface area (Å²) in [5, 5.41) is 51.3. The van der Waals surface area contributed by atoms with Crippen LogP contribution in [0.4, 0.5) is 0 Å². The molecular formula is C56H86N14O16. The molecule has 30 heteroatoms. The van der Waals surface area contributed by atoms with Crippen LogP contribution in [0.3, 0.4) is 0 Å². The van der Waals surface area contributed by atoms with Gasteiger partial charge in [0.25, 0.3) is 0 Å². The molecule has 0 spiro atoms. The van der Waals surface area contributed by atoms with Crippen LogP contribution < -0.4 is 76.5 Å². The third kappa shape index (κ3) is 28.2. The molecule has 0 heterocycles. The molecule has 2 aromatic rings. The van der Waals surface area contributed by atoms with Crippen LogP contribution in [0.25, 0.3) is 0 Å². The number of carbonyl (C=O) groups excluding carboxylic acids is 11. The fraction of sp³-hybridized carbons (Fsp3) is 0.554. The van der Waals surface area contributed by atoms with Crippen LogP contribution in [0.1, 0.15) is 115 Å². The Bertz CT molecular complexity index is 2610. The molecule has 10 atom stereocenters. The number of carboxylic acids is 2. The maximum Gasteiger partial charge on any atom is 0.325 e. The van der Waals surface area contributed by atoms with Crippen LogP contribution in [0.2, 0.25) is 0 Å². The van der Waals surface area contributed by atoms with E-state index in [1.54, 1.807) is 44.2 Å². The predicted octanol–water partition coefficient (Wildman–Crippen LogP) is -3.70. The van der Waals surface area contributed by atoms with Crippen molar-refractivity contribution in [2.24, 2.45) is 34.6 Å². The highest BCUT2D eigenvalue weighted by atomic mass is 16.4.